The van der Waals surface area contributed by atoms with E-state index in [9.17, 15) is 0 Å². The topological polar surface area (TPSA) is 59.5 Å². The Labute approximate surface area is 120 Å². The number of hydrogen-bond acceptors (Lipinski definition) is 6. The fourth-order valence-electron chi connectivity index (χ4n) is 2.39. The normalized spacial score (nSPS) is 18.2. The molecule has 1 aromatic rings. The van der Waals surface area contributed by atoms with Crippen LogP contribution in [0.3, 0.4) is 0 Å². The molecule has 1 saturated heterocycles. The van der Waals surface area contributed by atoms with Gasteiger partial charge in [-0.15, -0.1) is 0 Å². The fraction of sp³-hybridized carbons (Fsp3) is 0.714. The first-order valence-corrected chi connectivity index (χ1v) is 7.25. The lowest BCUT2D eigenvalue weighted by Crippen LogP contribution is -2.39. The van der Waals surface area contributed by atoms with Crippen molar-refractivity contribution >= 4 is 5.82 Å². The van der Waals surface area contributed by atoms with Gasteiger partial charge in [0.05, 0.1) is 25.6 Å². The molecule has 0 aliphatic carbocycles. The van der Waals surface area contributed by atoms with Gasteiger partial charge in [0.1, 0.15) is 0 Å². The number of anilines is 1. The van der Waals surface area contributed by atoms with Crippen molar-refractivity contribution < 1.29 is 9.47 Å². The molecule has 1 aromatic heterocycles. The predicted octanol–water partition coefficient (Wildman–Crippen LogP) is 1.08. The van der Waals surface area contributed by atoms with Gasteiger partial charge in [-0.3, -0.25) is 4.98 Å². The van der Waals surface area contributed by atoms with Gasteiger partial charge in [-0.25, -0.2) is 0 Å². The maximum atomic E-state index is 5.42. The maximum Gasteiger partial charge on any atom is 0.234 e. The Morgan fingerprint density at radius 2 is 2.35 bits per heavy atom. The van der Waals surface area contributed by atoms with Crippen LogP contribution in [-0.4, -0.2) is 56.0 Å². The van der Waals surface area contributed by atoms with Gasteiger partial charge in [0.15, 0.2) is 5.82 Å². The minimum Gasteiger partial charge on any atom is -0.477 e. The predicted molar refractivity (Wildman–Crippen MR) is 78.3 cm³/mol. The van der Waals surface area contributed by atoms with E-state index in [-0.39, 0.29) is 0 Å². The second kappa shape index (κ2) is 8.01. The standard InChI is InChI=1S/C14H24N4O2/c1-3-20-14-10-15-9-13(17-14)18(7-8-19-2)11-12-5-4-6-16-12/h9-10,12,16H,3-8,11H2,1-2H3. The first kappa shape index (κ1) is 15.0. The third-order valence-electron chi connectivity index (χ3n) is 3.38. The average molecular weight is 280 g/mol. The van der Waals surface area contributed by atoms with Crippen LogP contribution in [0.1, 0.15) is 19.8 Å². The molecule has 6 heteroatoms. The largest absolute Gasteiger partial charge is 0.477 e. The molecule has 1 fully saturated rings. The van der Waals surface area contributed by atoms with Crippen LogP contribution in [0.4, 0.5) is 5.82 Å². The van der Waals surface area contributed by atoms with E-state index >= 15 is 0 Å². The number of aromatic nitrogens is 2. The summed E-state index contributed by atoms with van der Waals surface area (Å²) in [6, 6.07) is 0.518. The molecule has 1 atom stereocenters. The molecule has 1 N–H and O–H groups in total. The maximum absolute atomic E-state index is 5.42. The van der Waals surface area contributed by atoms with Crippen molar-refractivity contribution in [2.24, 2.45) is 0 Å². The smallest absolute Gasteiger partial charge is 0.234 e. The lowest BCUT2D eigenvalue weighted by Gasteiger charge is -2.26. The van der Waals surface area contributed by atoms with Crippen LogP contribution in [0.25, 0.3) is 0 Å². The van der Waals surface area contributed by atoms with Crippen molar-refractivity contribution in [2.75, 3.05) is 44.9 Å². The fourth-order valence-corrected chi connectivity index (χ4v) is 2.39. The van der Waals surface area contributed by atoms with E-state index in [4.69, 9.17) is 9.47 Å². The average Bonchev–Trinajstić information content (AvgIpc) is 2.97. The number of rotatable bonds is 8. The summed E-state index contributed by atoms with van der Waals surface area (Å²) in [6.45, 7) is 6.05. The van der Waals surface area contributed by atoms with Crippen LogP contribution >= 0.6 is 0 Å². The summed E-state index contributed by atoms with van der Waals surface area (Å²) in [5, 5.41) is 3.51. The summed E-state index contributed by atoms with van der Waals surface area (Å²) in [4.78, 5) is 10.9. The van der Waals surface area contributed by atoms with Gasteiger partial charge in [0.25, 0.3) is 0 Å². The highest BCUT2D eigenvalue weighted by Crippen LogP contribution is 2.16. The van der Waals surface area contributed by atoms with E-state index < -0.39 is 0 Å². The van der Waals surface area contributed by atoms with Crippen LogP contribution in [0.2, 0.25) is 0 Å². The van der Waals surface area contributed by atoms with Crippen molar-refractivity contribution in [2.45, 2.75) is 25.8 Å². The van der Waals surface area contributed by atoms with Gasteiger partial charge in [-0.1, -0.05) is 0 Å². The second-order valence-corrected chi connectivity index (χ2v) is 4.88. The Balaban J connectivity index is 2.05. The van der Waals surface area contributed by atoms with Gasteiger partial charge in [0.2, 0.25) is 5.88 Å². The second-order valence-electron chi connectivity index (χ2n) is 4.88. The molecule has 2 heterocycles. The monoisotopic (exact) mass is 280 g/mol. The molecule has 1 aliphatic rings. The minimum atomic E-state index is 0.518. The first-order valence-electron chi connectivity index (χ1n) is 7.25. The Morgan fingerprint density at radius 1 is 1.45 bits per heavy atom. The quantitative estimate of drug-likeness (QED) is 0.769. The van der Waals surface area contributed by atoms with Crippen molar-refractivity contribution in [3.05, 3.63) is 12.4 Å². The highest BCUT2D eigenvalue weighted by Gasteiger charge is 2.19. The van der Waals surface area contributed by atoms with Gasteiger partial charge in [0, 0.05) is 26.2 Å². The number of nitrogens with zero attached hydrogens (tertiary/aromatic N) is 3. The third-order valence-corrected chi connectivity index (χ3v) is 3.38. The van der Waals surface area contributed by atoms with Crippen molar-refractivity contribution in [1.82, 2.24) is 15.3 Å². The van der Waals surface area contributed by atoms with E-state index in [2.05, 4.69) is 20.2 Å². The molecular formula is C14H24N4O2. The summed E-state index contributed by atoms with van der Waals surface area (Å²) < 4.78 is 10.6. The van der Waals surface area contributed by atoms with Crippen molar-refractivity contribution in [3.8, 4) is 5.88 Å². The summed E-state index contributed by atoms with van der Waals surface area (Å²) in [6.07, 6.45) is 5.89. The molecule has 0 aromatic carbocycles. The zero-order valence-corrected chi connectivity index (χ0v) is 12.3. The molecule has 20 heavy (non-hydrogen) atoms. The Morgan fingerprint density at radius 3 is 3.05 bits per heavy atom. The molecule has 0 radical (unpaired) electrons. The van der Waals surface area contributed by atoms with Gasteiger partial charge in [-0.2, -0.15) is 4.98 Å². The Kier molecular flexibility index (Phi) is 6.01. The van der Waals surface area contributed by atoms with Gasteiger partial charge in [-0.05, 0) is 26.3 Å². The summed E-state index contributed by atoms with van der Waals surface area (Å²) >= 11 is 0. The van der Waals surface area contributed by atoms with Crippen LogP contribution in [0.15, 0.2) is 12.4 Å². The van der Waals surface area contributed by atoms with E-state index in [1.54, 1.807) is 19.5 Å². The van der Waals surface area contributed by atoms with Crippen LogP contribution in [0.5, 0.6) is 5.88 Å². The third kappa shape index (κ3) is 4.31. The highest BCUT2D eigenvalue weighted by atomic mass is 16.5. The SMILES string of the molecule is CCOc1cncc(N(CCOC)CC2CCCN2)n1. The molecule has 0 bridgehead atoms. The lowest BCUT2D eigenvalue weighted by molar-refractivity contribution is 0.204. The molecule has 0 spiro atoms. The zero-order valence-electron chi connectivity index (χ0n) is 12.3. The molecule has 112 valence electrons. The highest BCUT2D eigenvalue weighted by molar-refractivity contribution is 5.38. The van der Waals surface area contributed by atoms with Crippen molar-refractivity contribution in [1.29, 1.82) is 0 Å². The number of nitrogens with one attached hydrogen (secondary N) is 1. The molecule has 1 unspecified atom stereocenters. The zero-order chi connectivity index (χ0) is 14.2. The molecule has 2 rings (SSSR count). The number of ether oxygens (including phenoxy) is 2. The molecule has 1 aliphatic heterocycles. The minimum absolute atomic E-state index is 0.518. The van der Waals surface area contributed by atoms with Crippen LogP contribution in [-0.2, 0) is 4.74 Å². The lowest BCUT2D eigenvalue weighted by atomic mass is 10.2. The van der Waals surface area contributed by atoms with E-state index in [0.717, 1.165) is 25.5 Å². The molecule has 0 amide bonds. The number of methoxy groups -OCH3 is 1. The molecule has 0 saturated carbocycles. The molecular weight excluding hydrogens is 256 g/mol. The van der Waals surface area contributed by atoms with E-state index in [1.165, 1.54) is 12.8 Å². The van der Waals surface area contributed by atoms with Gasteiger partial charge >= 0.3 is 0 Å². The number of hydrogen-bond donors (Lipinski definition) is 1. The van der Waals surface area contributed by atoms with Crippen LogP contribution < -0.4 is 15.0 Å². The summed E-state index contributed by atoms with van der Waals surface area (Å²) in [7, 11) is 1.72. The summed E-state index contributed by atoms with van der Waals surface area (Å²) in [5.41, 5.74) is 0. The Bertz CT molecular complexity index is 397. The summed E-state index contributed by atoms with van der Waals surface area (Å²) in [5.74, 6) is 1.42. The van der Waals surface area contributed by atoms with Crippen molar-refractivity contribution in [3.63, 3.8) is 0 Å². The van der Waals surface area contributed by atoms with Gasteiger partial charge < -0.3 is 19.7 Å². The van der Waals surface area contributed by atoms with E-state index in [0.29, 0.717) is 25.1 Å². The Hall–Kier alpha value is -1.40. The molecule has 6 nitrogen and oxygen atoms in total. The van der Waals surface area contributed by atoms with Crippen LogP contribution in [0, 0.1) is 0 Å². The van der Waals surface area contributed by atoms with E-state index in [1.807, 2.05) is 6.92 Å². The first-order chi connectivity index (χ1) is 9.83.